The van der Waals surface area contributed by atoms with E-state index in [1.54, 1.807) is 50.5 Å². The third-order valence-electron chi connectivity index (χ3n) is 3.59. The number of hydrogen-bond donors (Lipinski definition) is 0. The maximum atomic E-state index is 13.7. The monoisotopic (exact) mass is 357 g/mol. The van der Waals surface area contributed by atoms with Gasteiger partial charge in [-0.2, -0.15) is 0 Å². The minimum atomic E-state index is -1.05. The third-order valence-corrected chi connectivity index (χ3v) is 3.59. The van der Waals surface area contributed by atoms with Crippen molar-refractivity contribution in [2.45, 2.75) is 6.10 Å². The summed E-state index contributed by atoms with van der Waals surface area (Å²) < 4.78 is 23.8. The average Bonchev–Trinajstić information content (AvgIpc) is 2.64. The van der Waals surface area contributed by atoms with Gasteiger partial charge in [-0.25, -0.2) is 9.18 Å². The molecule has 0 aliphatic heterocycles. The molecule has 0 N–H and O–H groups in total. The topological polar surface area (TPSA) is 55.8 Å². The number of methoxy groups -OCH3 is 1. The van der Waals surface area contributed by atoms with E-state index >= 15 is 0 Å². The van der Waals surface area contributed by atoms with Gasteiger partial charge in [0, 0.05) is 25.7 Å². The van der Waals surface area contributed by atoms with Gasteiger partial charge in [0.1, 0.15) is 0 Å². The summed E-state index contributed by atoms with van der Waals surface area (Å²) in [5.74, 6) is -1.47. The Kier molecular flexibility index (Phi) is 6.49. The summed E-state index contributed by atoms with van der Waals surface area (Å²) in [4.78, 5) is 25.8. The van der Waals surface area contributed by atoms with Crippen LogP contribution in [-0.4, -0.2) is 38.0 Å². The molecule has 0 unspecified atom stereocenters. The number of hydrogen-bond acceptors (Lipinski definition) is 4. The summed E-state index contributed by atoms with van der Waals surface area (Å²) in [5, 5.41) is 0. The molecule has 0 bridgehead atoms. The Labute approximate surface area is 151 Å². The molecule has 1 amide bonds. The van der Waals surface area contributed by atoms with Gasteiger partial charge in [-0.15, -0.1) is 0 Å². The highest BCUT2D eigenvalue weighted by Crippen LogP contribution is 2.21. The van der Waals surface area contributed by atoms with Crippen LogP contribution >= 0.6 is 0 Å². The van der Waals surface area contributed by atoms with Crippen molar-refractivity contribution in [2.75, 3.05) is 21.2 Å². The van der Waals surface area contributed by atoms with E-state index in [9.17, 15) is 14.0 Å². The Balaban J connectivity index is 2.14. The fourth-order valence-corrected chi connectivity index (χ4v) is 2.23. The average molecular weight is 357 g/mol. The highest BCUT2D eigenvalue weighted by atomic mass is 19.1. The molecule has 2 aromatic rings. The van der Waals surface area contributed by atoms with Crippen LogP contribution in [0.2, 0.25) is 0 Å². The quantitative estimate of drug-likeness (QED) is 0.588. The number of likely N-dealkylation sites (N-methyl/N-ethyl adjacent to an activating group) is 1. The molecule has 0 spiro atoms. The Bertz CT molecular complexity index is 803. The van der Waals surface area contributed by atoms with Crippen LogP contribution in [0.3, 0.4) is 0 Å². The molecule has 0 radical (unpaired) electrons. The highest BCUT2D eigenvalue weighted by molar-refractivity contribution is 5.90. The van der Waals surface area contributed by atoms with E-state index in [1.807, 2.05) is 0 Å². The van der Waals surface area contributed by atoms with E-state index in [0.717, 1.165) is 6.08 Å². The predicted molar refractivity (Wildman–Crippen MR) is 96.0 cm³/mol. The summed E-state index contributed by atoms with van der Waals surface area (Å²) in [7, 11) is 4.54. The van der Waals surface area contributed by atoms with Crippen LogP contribution in [0.1, 0.15) is 17.2 Å². The van der Waals surface area contributed by atoms with Crippen LogP contribution in [-0.2, 0) is 14.3 Å². The van der Waals surface area contributed by atoms with Gasteiger partial charge in [0.05, 0.1) is 7.11 Å². The molecule has 6 heteroatoms. The van der Waals surface area contributed by atoms with Crippen molar-refractivity contribution in [2.24, 2.45) is 0 Å². The van der Waals surface area contributed by atoms with Gasteiger partial charge >= 0.3 is 5.97 Å². The van der Waals surface area contributed by atoms with Crippen LogP contribution in [0.25, 0.3) is 6.08 Å². The molecular formula is C20H20FNO4. The van der Waals surface area contributed by atoms with Crippen molar-refractivity contribution in [1.29, 1.82) is 0 Å². The first-order valence-electron chi connectivity index (χ1n) is 7.90. The number of benzene rings is 2. The normalized spacial score (nSPS) is 11.8. The van der Waals surface area contributed by atoms with Crippen LogP contribution in [0.5, 0.6) is 5.75 Å². The molecule has 0 heterocycles. The summed E-state index contributed by atoms with van der Waals surface area (Å²) >= 11 is 0. The smallest absolute Gasteiger partial charge is 0.331 e. The van der Waals surface area contributed by atoms with Crippen LogP contribution in [0.4, 0.5) is 4.39 Å². The van der Waals surface area contributed by atoms with Gasteiger partial charge in [0.15, 0.2) is 11.6 Å². The molecule has 0 saturated heterocycles. The molecule has 2 rings (SSSR count). The zero-order chi connectivity index (χ0) is 19.1. The molecular weight excluding hydrogens is 337 g/mol. The largest absolute Gasteiger partial charge is 0.494 e. The molecule has 26 heavy (non-hydrogen) atoms. The number of carbonyl (C=O) groups is 2. The minimum Gasteiger partial charge on any atom is -0.494 e. The molecule has 0 aromatic heterocycles. The van der Waals surface area contributed by atoms with E-state index in [0.29, 0.717) is 11.1 Å². The maximum absolute atomic E-state index is 13.7. The molecule has 2 aromatic carbocycles. The second-order valence-electron chi connectivity index (χ2n) is 5.69. The van der Waals surface area contributed by atoms with Crippen molar-refractivity contribution in [3.63, 3.8) is 0 Å². The van der Waals surface area contributed by atoms with E-state index in [2.05, 4.69) is 0 Å². The lowest BCUT2D eigenvalue weighted by Gasteiger charge is -2.20. The summed E-state index contributed by atoms with van der Waals surface area (Å²) in [6.45, 7) is 0. The maximum Gasteiger partial charge on any atom is 0.331 e. The first-order chi connectivity index (χ1) is 12.4. The van der Waals surface area contributed by atoms with Crippen molar-refractivity contribution < 1.29 is 23.5 Å². The van der Waals surface area contributed by atoms with E-state index in [4.69, 9.17) is 9.47 Å². The number of amides is 1. The number of ether oxygens (including phenoxy) is 2. The lowest BCUT2D eigenvalue weighted by atomic mass is 10.1. The zero-order valence-electron chi connectivity index (χ0n) is 14.8. The highest BCUT2D eigenvalue weighted by Gasteiger charge is 2.25. The number of nitrogens with zero attached hydrogens (tertiary/aromatic N) is 1. The molecule has 0 aliphatic carbocycles. The van der Waals surface area contributed by atoms with Gasteiger partial charge in [-0.05, 0) is 23.8 Å². The molecule has 0 saturated carbocycles. The molecule has 0 aliphatic rings. The second-order valence-corrected chi connectivity index (χ2v) is 5.69. The van der Waals surface area contributed by atoms with Crippen molar-refractivity contribution in [1.82, 2.24) is 4.90 Å². The lowest BCUT2D eigenvalue weighted by molar-refractivity contribution is -0.155. The Morgan fingerprint density at radius 3 is 2.38 bits per heavy atom. The Morgan fingerprint density at radius 2 is 1.81 bits per heavy atom. The second kappa shape index (κ2) is 8.80. The summed E-state index contributed by atoms with van der Waals surface area (Å²) in [6, 6.07) is 13.0. The fourth-order valence-electron chi connectivity index (χ4n) is 2.23. The first-order valence-corrected chi connectivity index (χ1v) is 7.90. The standard InChI is InChI=1S/C20H20FNO4/c1-22(2)20(24)19(15-7-5-4-6-8-15)26-18(23)12-10-14-9-11-17(25-3)16(21)13-14/h4-13,19H,1-3H3/b12-10+/t19-/m1/s1. The first kappa shape index (κ1) is 19.2. The van der Waals surface area contributed by atoms with Gasteiger partial charge < -0.3 is 14.4 Å². The van der Waals surface area contributed by atoms with Crippen molar-refractivity contribution in [3.05, 3.63) is 71.6 Å². The number of carbonyl (C=O) groups excluding carboxylic acids is 2. The zero-order valence-corrected chi connectivity index (χ0v) is 14.8. The number of rotatable bonds is 6. The van der Waals surface area contributed by atoms with Crippen molar-refractivity contribution >= 4 is 18.0 Å². The molecule has 5 nitrogen and oxygen atoms in total. The Morgan fingerprint density at radius 1 is 1.12 bits per heavy atom. The number of esters is 1. The summed E-state index contributed by atoms with van der Waals surface area (Å²) in [6.07, 6.45) is 1.52. The van der Waals surface area contributed by atoms with E-state index in [1.165, 1.54) is 30.2 Å². The molecule has 1 atom stereocenters. The SMILES string of the molecule is COc1ccc(/C=C/C(=O)O[C@@H](C(=O)N(C)C)c2ccccc2)cc1F. The Hall–Kier alpha value is -3.15. The molecule has 0 fully saturated rings. The third kappa shape index (κ3) is 4.92. The van der Waals surface area contributed by atoms with Gasteiger partial charge in [-0.3, -0.25) is 4.79 Å². The lowest BCUT2D eigenvalue weighted by Crippen LogP contribution is -2.30. The van der Waals surface area contributed by atoms with Gasteiger partial charge in [0.2, 0.25) is 6.10 Å². The number of halogens is 1. The fraction of sp³-hybridized carbons (Fsp3) is 0.200. The summed E-state index contributed by atoms with van der Waals surface area (Å²) in [5.41, 5.74) is 1.04. The van der Waals surface area contributed by atoms with Crippen molar-refractivity contribution in [3.8, 4) is 5.75 Å². The van der Waals surface area contributed by atoms with E-state index < -0.39 is 17.9 Å². The predicted octanol–water partition coefficient (Wildman–Crippen LogP) is 3.22. The molecule has 136 valence electrons. The minimum absolute atomic E-state index is 0.116. The van der Waals surface area contributed by atoms with E-state index in [-0.39, 0.29) is 11.7 Å². The van der Waals surface area contributed by atoms with Crippen LogP contribution in [0.15, 0.2) is 54.6 Å². The van der Waals surface area contributed by atoms with Crippen LogP contribution < -0.4 is 4.74 Å². The van der Waals surface area contributed by atoms with Gasteiger partial charge in [-0.1, -0.05) is 36.4 Å². The van der Waals surface area contributed by atoms with Crippen LogP contribution in [0, 0.1) is 5.82 Å². The van der Waals surface area contributed by atoms with Gasteiger partial charge in [0.25, 0.3) is 5.91 Å².